The molecule has 1 saturated heterocycles. The number of carbonyl (C=O) groups excluding carboxylic acids is 1. The zero-order valence-electron chi connectivity index (χ0n) is 11.7. The summed E-state index contributed by atoms with van der Waals surface area (Å²) in [4.78, 5) is 14.2. The van der Waals surface area contributed by atoms with Crippen molar-refractivity contribution >= 4 is 5.91 Å². The first-order valence-electron chi connectivity index (χ1n) is 6.92. The van der Waals surface area contributed by atoms with Crippen LogP contribution >= 0.6 is 0 Å². The largest absolute Gasteiger partial charge is 0.494 e. The third-order valence-corrected chi connectivity index (χ3v) is 3.41. The zero-order valence-corrected chi connectivity index (χ0v) is 11.7. The van der Waals surface area contributed by atoms with Crippen LogP contribution < -0.4 is 10.1 Å². The second-order valence-electron chi connectivity index (χ2n) is 4.89. The van der Waals surface area contributed by atoms with Crippen LogP contribution in [0.25, 0.3) is 0 Å². The molecule has 0 aliphatic carbocycles. The second kappa shape index (κ2) is 6.57. The van der Waals surface area contributed by atoms with Gasteiger partial charge in [0.2, 0.25) is 5.91 Å². The molecule has 0 spiro atoms. The van der Waals surface area contributed by atoms with Crippen LogP contribution in [0.2, 0.25) is 0 Å². The first-order chi connectivity index (χ1) is 9.20. The summed E-state index contributed by atoms with van der Waals surface area (Å²) < 4.78 is 5.40. The van der Waals surface area contributed by atoms with E-state index in [2.05, 4.69) is 12.2 Å². The number of nitrogens with zero attached hydrogens (tertiary/aromatic N) is 1. The van der Waals surface area contributed by atoms with E-state index >= 15 is 0 Å². The van der Waals surface area contributed by atoms with E-state index in [0.29, 0.717) is 13.0 Å². The van der Waals surface area contributed by atoms with Crippen molar-refractivity contribution < 1.29 is 9.53 Å². The van der Waals surface area contributed by atoms with Gasteiger partial charge >= 0.3 is 0 Å². The molecule has 4 heteroatoms. The van der Waals surface area contributed by atoms with E-state index in [9.17, 15) is 4.79 Å². The molecule has 1 fully saturated rings. The Morgan fingerprint density at radius 3 is 2.79 bits per heavy atom. The molecule has 1 N–H and O–H groups in total. The van der Waals surface area contributed by atoms with Gasteiger partial charge in [-0.05, 0) is 31.5 Å². The van der Waals surface area contributed by atoms with Gasteiger partial charge in [-0.1, -0.05) is 12.1 Å². The Balaban J connectivity index is 1.94. The maximum absolute atomic E-state index is 12.3. The topological polar surface area (TPSA) is 41.6 Å². The molecule has 0 unspecified atom stereocenters. The number of piperazine rings is 1. The maximum atomic E-state index is 12.3. The van der Waals surface area contributed by atoms with Crippen LogP contribution in [0, 0.1) is 0 Å². The Hall–Kier alpha value is -1.55. The predicted octanol–water partition coefficient (Wildman–Crippen LogP) is 1.45. The lowest BCUT2D eigenvalue weighted by Crippen LogP contribution is -2.52. The Bertz CT molecular complexity index is 417. The zero-order chi connectivity index (χ0) is 13.7. The van der Waals surface area contributed by atoms with Gasteiger partial charge < -0.3 is 15.0 Å². The molecule has 104 valence electrons. The standard InChI is InChI=1S/C15H22N2O2/c1-3-19-14-6-4-13(5-7-14)10-15(18)17-9-8-16-11-12(17)2/h4-7,12,16H,3,8-11H2,1-2H3/t12-/m1/s1. The number of hydrogen-bond donors (Lipinski definition) is 1. The summed E-state index contributed by atoms with van der Waals surface area (Å²) in [6.45, 7) is 7.29. The summed E-state index contributed by atoms with van der Waals surface area (Å²) in [5, 5.41) is 3.29. The molecule has 1 aliphatic heterocycles. The lowest BCUT2D eigenvalue weighted by atomic mass is 10.1. The highest BCUT2D eigenvalue weighted by atomic mass is 16.5. The highest BCUT2D eigenvalue weighted by Gasteiger charge is 2.22. The number of carbonyl (C=O) groups is 1. The van der Waals surface area contributed by atoms with Gasteiger partial charge in [0.1, 0.15) is 5.75 Å². The molecule has 2 rings (SSSR count). The Morgan fingerprint density at radius 1 is 1.42 bits per heavy atom. The SMILES string of the molecule is CCOc1ccc(CC(=O)N2CCNC[C@H]2C)cc1. The van der Waals surface area contributed by atoms with Crippen molar-refractivity contribution in [3.8, 4) is 5.75 Å². The lowest BCUT2D eigenvalue weighted by Gasteiger charge is -2.34. The molecule has 0 radical (unpaired) electrons. The van der Waals surface area contributed by atoms with Gasteiger partial charge in [-0.25, -0.2) is 0 Å². The number of hydrogen-bond acceptors (Lipinski definition) is 3. The third kappa shape index (κ3) is 3.70. The van der Waals surface area contributed by atoms with E-state index in [0.717, 1.165) is 30.9 Å². The van der Waals surface area contributed by atoms with E-state index in [1.165, 1.54) is 0 Å². The van der Waals surface area contributed by atoms with Crippen molar-refractivity contribution in [1.82, 2.24) is 10.2 Å². The van der Waals surface area contributed by atoms with E-state index in [1.54, 1.807) is 0 Å². The van der Waals surface area contributed by atoms with Gasteiger partial charge in [0.25, 0.3) is 0 Å². The molecule has 1 aromatic carbocycles. The van der Waals surface area contributed by atoms with E-state index in [4.69, 9.17) is 4.74 Å². The summed E-state index contributed by atoms with van der Waals surface area (Å²) in [6, 6.07) is 8.07. The van der Waals surface area contributed by atoms with Gasteiger partial charge in [0.05, 0.1) is 13.0 Å². The number of rotatable bonds is 4. The predicted molar refractivity (Wildman–Crippen MR) is 75.4 cm³/mol. The number of amides is 1. The normalized spacial score (nSPS) is 19.3. The van der Waals surface area contributed by atoms with Crippen molar-refractivity contribution in [3.63, 3.8) is 0 Å². The van der Waals surface area contributed by atoms with E-state index in [1.807, 2.05) is 36.1 Å². The number of nitrogens with one attached hydrogen (secondary N) is 1. The van der Waals surface area contributed by atoms with Crippen LogP contribution in [0.15, 0.2) is 24.3 Å². The van der Waals surface area contributed by atoms with Crippen molar-refractivity contribution in [3.05, 3.63) is 29.8 Å². The summed E-state index contributed by atoms with van der Waals surface area (Å²) in [5.74, 6) is 1.06. The maximum Gasteiger partial charge on any atom is 0.227 e. The van der Waals surface area contributed by atoms with Crippen molar-refractivity contribution in [2.45, 2.75) is 26.3 Å². The van der Waals surface area contributed by atoms with Gasteiger partial charge in [-0.15, -0.1) is 0 Å². The molecular formula is C15H22N2O2. The molecule has 1 aliphatic rings. The molecule has 0 bridgehead atoms. The van der Waals surface area contributed by atoms with Gasteiger partial charge in [-0.2, -0.15) is 0 Å². The fourth-order valence-electron chi connectivity index (χ4n) is 2.36. The highest BCUT2D eigenvalue weighted by molar-refractivity contribution is 5.79. The molecular weight excluding hydrogens is 240 g/mol. The smallest absolute Gasteiger partial charge is 0.227 e. The molecule has 0 aromatic heterocycles. The fourth-order valence-corrected chi connectivity index (χ4v) is 2.36. The first-order valence-corrected chi connectivity index (χ1v) is 6.92. The third-order valence-electron chi connectivity index (χ3n) is 3.41. The van der Waals surface area contributed by atoms with Crippen LogP contribution in [0.4, 0.5) is 0 Å². The Kier molecular flexibility index (Phi) is 4.80. The molecule has 1 aromatic rings. The molecule has 1 atom stereocenters. The Labute approximate surface area is 114 Å². The van der Waals surface area contributed by atoms with Crippen LogP contribution in [0.3, 0.4) is 0 Å². The summed E-state index contributed by atoms with van der Waals surface area (Å²) in [7, 11) is 0. The molecule has 19 heavy (non-hydrogen) atoms. The van der Waals surface area contributed by atoms with Crippen LogP contribution in [0.5, 0.6) is 5.75 Å². The molecule has 0 saturated carbocycles. The highest BCUT2D eigenvalue weighted by Crippen LogP contribution is 2.14. The van der Waals surface area contributed by atoms with E-state index < -0.39 is 0 Å². The second-order valence-corrected chi connectivity index (χ2v) is 4.89. The summed E-state index contributed by atoms with van der Waals surface area (Å²) in [6.07, 6.45) is 0.469. The van der Waals surface area contributed by atoms with Crippen LogP contribution in [-0.4, -0.2) is 43.1 Å². The summed E-state index contributed by atoms with van der Waals surface area (Å²) >= 11 is 0. The first kappa shape index (κ1) is 13.9. The minimum atomic E-state index is 0.207. The number of ether oxygens (including phenoxy) is 1. The Morgan fingerprint density at radius 2 is 2.16 bits per heavy atom. The van der Waals surface area contributed by atoms with E-state index in [-0.39, 0.29) is 11.9 Å². The van der Waals surface area contributed by atoms with Gasteiger partial charge in [0.15, 0.2) is 0 Å². The molecule has 1 heterocycles. The average molecular weight is 262 g/mol. The lowest BCUT2D eigenvalue weighted by molar-refractivity contribution is -0.133. The van der Waals surface area contributed by atoms with Crippen molar-refractivity contribution in [2.75, 3.05) is 26.2 Å². The average Bonchev–Trinajstić information content (AvgIpc) is 2.42. The fraction of sp³-hybridized carbons (Fsp3) is 0.533. The van der Waals surface area contributed by atoms with Gasteiger partial charge in [-0.3, -0.25) is 4.79 Å². The molecule has 4 nitrogen and oxygen atoms in total. The van der Waals surface area contributed by atoms with Crippen molar-refractivity contribution in [2.24, 2.45) is 0 Å². The van der Waals surface area contributed by atoms with Gasteiger partial charge in [0, 0.05) is 25.7 Å². The monoisotopic (exact) mass is 262 g/mol. The quantitative estimate of drug-likeness (QED) is 0.893. The van der Waals surface area contributed by atoms with Crippen LogP contribution in [0.1, 0.15) is 19.4 Å². The summed E-state index contributed by atoms with van der Waals surface area (Å²) in [5.41, 5.74) is 1.04. The number of benzene rings is 1. The minimum Gasteiger partial charge on any atom is -0.494 e. The van der Waals surface area contributed by atoms with Crippen molar-refractivity contribution in [1.29, 1.82) is 0 Å². The molecule has 1 amide bonds. The minimum absolute atomic E-state index is 0.207. The van der Waals surface area contributed by atoms with Crippen LogP contribution in [-0.2, 0) is 11.2 Å².